The molecule has 94 valence electrons. The van der Waals surface area contributed by atoms with Crippen LogP contribution in [-0.4, -0.2) is 8.42 Å². The molecule has 0 aliphatic rings. The molecule has 0 spiro atoms. The summed E-state index contributed by atoms with van der Waals surface area (Å²) in [4.78, 5) is 0.113. The fourth-order valence-electron chi connectivity index (χ4n) is 1.46. The zero-order chi connectivity index (χ0) is 13.3. The Kier molecular flexibility index (Phi) is 3.52. The van der Waals surface area contributed by atoms with E-state index in [0.717, 1.165) is 0 Å². The summed E-state index contributed by atoms with van der Waals surface area (Å²) in [6.07, 6.45) is 0. The highest BCUT2D eigenvalue weighted by Crippen LogP contribution is 2.30. The lowest BCUT2D eigenvalue weighted by Crippen LogP contribution is -2.03. The molecule has 6 heteroatoms. The molecule has 0 saturated heterocycles. The Morgan fingerprint density at radius 3 is 2.17 bits per heavy atom. The van der Waals surface area contributed by atoms with Crippen LogP contribution in [0.25, 0.3) is 0 Å². The fourth-order valence-corrected chi connectivity index (χ4v) is 3.47. The Balaban J connectivity index is 2.61. The molecule has 2 rings (SSSR count). The van der Waals surface area contributed by atoms with Gasteiger partial charge >= 0.3 is 0 Å². The van der Waals surface area contributed by atoms with Crippen molar-refractivity contribution in [3.05, 3.63) is 52.5 Å². The zero-order valence-corrected chi connectivity index (χ0v) is 11.4. The molecule has 0 saturated carbocycles. The smallest absolute Gasteiger partial charge is 0.208 e. The topological polar surface area (TPSA) is 60.2 Å². The van der Waals surface area contributed by atoms with E-state index in [0.29, 0.717) is 10.7 Å². The number of nitrogens with two attached hydrogens (primary N) is 1. The molecule has 0 atom stereocenters. The fraction of sp³-hybridized carbons (Fsp3) is 0. The van der Waals surface area contributed by atoms with Crippen molar-refractivity contribution < 1.29 is 8.42 Å². The summed E-state index contributed by atoms with van der Waals surface area (Å²) in [6, 6.07) is 10.2. The summed E-state index contributed by atoms with van der Waals surface area (Å²) in [6.45, 7) is 0. The van der Waals surface area contributed by atoms with Crippen LogP contribution < -0.4 is 5.73 Å². The second-order valence-electron chi connectivity index (χ2n) is 3.65. The predicted octanol–water partition coefficient (Wildman–Crippen LogP) is 3.41. The largest absolute Gasteiger partial charge is 0.399 e. The van der Waals surface area contributed by atoms with Crippen molar-refractivity contribution in [3.8, 4) is 0 Å². The van der Waals surface area contributed by atoms with E-state index < -0.39 is 9.84 Å². The Bertz CT molecular complexity index is 682. The minimum atomic E-state index is -3.68. The van der Waals surface area contributed by atoms with Gasteiger partial charge in [-0.25, -0.2) is 8.42 Å². The first-order chi connectivity index (χ1) is 8.41. The van der Waals surface area contributed by atoms with Crippen molar-refractivity contribution in [1.29, 1.82) is 0 Å². The Morgan fingerprint density at radius 2 is 1.56 bits per heavy atom. The molecular weight excluding hydrogens is 293 g/mol. The second kappa shape index (κ2) is 4.80. The number of sulfone groups is 1. The van der Waals surface area contributed by atoms with Crippen molar-refractivity contribution in [2.45, 2.75) is 9.79 Å². The number of hydrogen-bond donors (Lipinski definition) is 1. The van der Waals surface area contributed by atoms with E-state index in [4.69, 9.17) is 28.9 Å². The molecule has 2 N–H and O–H groups in total. The molecule has 0 unspecified atom stereocenters. The van der Waals surface area contributed by atoms with E-state index in [1.807, 2.05) is 0 Å². The van der Waals surface area contributed by atoms with Crippen LogP contribution in [0.2, 0.25) is 10.0 Å². The first kappa shape index (κ1) is 13.2. The van der Waals surface area contributed by atoms with Crippen LogP contribution in [-0.2, 0) is 9.84 Å². The molecule has 0 bridgehead atoms. The highest BCUT2D eigenvalue weighted by Gasteiger charge is 2.20. The molecule has 0 aliphatic carbocycles. The van der Waals surface area contributed by atoms with Crippen molar-refractivity contribution >= 4 is 38.7 Å². The number of anilines is 1. The maximum Gasteiger partial charge on any atom is 0.208 e. The number of hydrogen-bond acceptors (Lipinski definition) is 3. The molecule has 3 nitrogen and oxygen atoms in total. The van der Waals surface area contributed by atoms with Gasteiger partial charge in [0.15, 0.2) is 0 Å². The van der Waals surface area contributed by atoms with Crippen LogP contribution in [0.3, 0.4) is 0 Å². The molecule has 0 aromatic heterocycles. The van der Waals surface area contributed by atoms with Crippen molar-refractivity contribution in [2.75, 3.05) is 5.73 Å². The summed E-state index contributed by atoms with van der Waals surface area (Å²) in [5, 5.41) is 0.449. The maximum atomic E-state index is 12.3. The standard InChI is InChI=1S/C12H9Cl2NO2S/c13-8-1-6-11(14)12(7-8)18(16,17)10-4-2-9(15)3-5-10/h1-7H,15H2. The summed E-state index contributed by atoms with van der Waals surface area (Å²) >= 11 is 11.7. The molecule has 18 heavy (non-hydrogen) atoms. The van der Waals surface area contributed by atoms with Gasteiger partial charge in [-0.05, 0) is 42.5 Å². The van der Waals surface area contributed by atoms with Gasteiger partial charge in [0.1, 0.15) is 0 Å². The summed E-state index contributed by atoms with van der Waals surface area (Å²) in [5.74, 6) is 0. The molecule has 2 aromatic rings. The normalized spacial score (nSPS) is 11.4. The van der Waals surface area contributed by atoms with Crippen molar-refractivity contribution in [1.82, 2.24) is 0 Å². The van der Waals surface area contributed by atoms with E-state index in [1.54, 1.807) is 0 Å². The van der Waals surface area contributed by atoms with Gasteiger partial charge in [-0.2, -0.15) is 0 Å². The van der Waals surface area contributed by atoms with Crippen LogP contribution in [0.4, 0.5) is 5.69 Å². The van der Waals surface area contributed by atoms with E-state index in [-0.39, 0.29) is 14.8 Å². The average Bonchev–Trinajstić information content (AvgIpc) is 2.32. The average molecular weight is 302 g/mol. The minimum Gasteiger partial charge on any atom is -0.399 e. The van der Waals surface area contributed by atoms with Gasteiger partial charge < -0.3 is 5.73 Å². The Morgan fingerprint density at radius 1 is 0.944 bits per heavy atom. The van der Waals surface area contributed by atoms with Gasteiger partial charge in [0.05, 0.1) is 14.8 Å². The first-order valence-corrected chi connectivity index (χ1v) is 7.21. The van der Waals surface area contributed by atoms with Crippen LogP contribution in [0.15, 0.2) is 52.3 Å². The minimum absolute atomic E-state index is 0.0126. The Hall–Kier alpha value is -1.23. The molecule has 0 amide bonds. The monoisotopic (exact) mass is 301 g/mol. The number of benzene rings is 2. The van der Waals surface area contributed by atoms with Crippen molar-refractivity contribution in [3.63, 3.8) is 0 Å². The first-order valence-electron chi connectivity index (χ1n) is 4.97. The van der Waals surface area contributed by atoms with E-state index in [1.165, 1.54) is 42.5 Å². The molecule has 0 radical (unpaired) electrons. The highest BCUT2D eigenvalue weighted by atomic mass is 35.5. The van der Waals surface area contributed by atoms with Crippen LogP contribution in [0.1, 0.15) is 0 Å². The van der Waals surface area contributed by atoms with Crippen LogP contribution >= 0.6 is 23.2 Å². The quantitative estimate of drug-likeness (QED) is 0.865. The lowest BCUT2D eigenvalue weighted by Gasteiger charge is -2.07. The summed E-state index contributed by atoms with van der Waals surface area (Å²) in [7, 11) is -3.68. The van der Waals surface area contributed by atoms with Gasteiger partial charge in [0.25, 0.3) is 0 Å². The van der Waals surface area contributed by atoms with Gasteiger partial charge in [0.2, 0.25) is 9.84 Å². The summed E-state index contributed by atoms with van der Waals surface area (Å²) in [5.41, 5.74) is 6.01. The molecule has 2 aromatic carbocycles. The highest BCUT2D eigenvalue weighted by molar-refractivity contribution is 7.91. The van der Waals surface area contributed by atoms with Gasteiger partial charge in [-0.3, -0.25) is 0 Å². The maximum absolute atomic E-state index is 12.3. The number of nitrogen functional groups attached to an aromatic ring is 1. The van der Waals surface area contributed by atoms with E-state index in [9.17, 15) is 8.42 Å². The van der Waals surface area contributed by atoms with Crippen molar-refractivity contribution in [2.24, 2.45) is 0 Å². The zero-order valence-electron chi connectivity index (χ0n) is 9.10. The third-order valence-corrected chi connectivity index (χ3v) is 4.86. The van der Waals surface area contributed by atoms with Crippen LogP contribution in [0.5, 0.6) is 0 Å². The van der Waals surface area contributed by atoms with Crippen LogP contribution in [0, 0.1) is 0 Å². The van der Waals surface area contributed by atoms with Gasteiger partial charge in [-0.15, -0.1) is 0 Å². The summed E-state index contributed by atoms with van der Waals surface area (Å²) < 4.78 is 24.7. The SMILES string of the molecule is Nc1ccc(S(=O)(=O)c2cc(Cl)ccc2Cl)cc1. The molecular formula is C12H9Cl2NO2S. The lowest BCUT2D eigenvalue weighted by molar-refractivity contribution is 0.596. The molecule has 0 fully saturated rings. The number of rotatable bonds is 2. The second-order valence-corrected chi connectivity index (χ2v) is 6.41. The van der Waals surface area contributed by atoms with E-state index in [2.05, 4.69) is 0 Å². The third-order valence-electron chi connectivity index (χ3n) is 2.37. The van der Waals surface area contributed by atoms with Gasteiger partial charge in [-0.1, -0.05) is 23.2 Å². The predicted molar refractivity (Wildman–Crippen MR) is 72.8 cm³/mol. The Labute approximate surface area is 115 Å². The third kappa shape index (κ3) is 2.46. The lowest BCUT2D eigenvalue weighted by atomic mass is 10.3. The molecule has 0 heterocycles. The van der Waals surface area contributed by atoms with Gasteiger partial charge in [0, 0.05) is 10.7 Å². The molecule has 0 aliphatic heterocycles. The van der Waals surface area contributed by atoms with E-state index >= 15 is 0 Å². The number of halogens is 2.